The van der Waals surface area contributed by atoms with Crippen LogP contribution in [0.25, 0.3) is 11.1 Å². The Morgan fingerprint density at radius 1 is 1.11 bits per heavy atom. The number of hydrogen-bond acceptors (Lipinski definition) is 3. The molecule has 0 atom stereocenters. The Hall–Kier alpha value is -1.88. The van der Waals surface area contributed by atoms with Gasteiger partial charge < -0.3 is 4.98 Å². The van der Waals surface area contributed by atoms with Gasteiger partial charge in [0.15, 0.2) is 9.84 Å². The van der Waals surface area contributed by atoms with E-state index in [-0.39, 0.29) is 10.5 Å². The molecular formula is C13H13NO3S. The number of aromatic nitrogens is 1. The molecule has 0 unspecified atom stereocenters. The maximum Gasteiger partial charge on any atom is 0.255 e. The van der Waals surface area contributed by atoms with E-state index in [0.29, 0.717) is 11.1 Å². The normalized spacial score (nSPS) is 11.4. The number of hydrogen-bond donors (Lipinski definition) is 1. The van der Waals surface area contributed by atoms with Crippen molar-refractivity contribution in [3.05, 3.63) is 52.4 Å². The van der Waals surface area contributed by atoms with E-state index in [1.54, 1.807) is 24.4 Å². The topological polar surface area (TPSA) is 67.0 Å². The Morgan fingerprint density at radius 3 is 2.28 bits per heavy atom. The van der Waals surface area contributed by atoms with E-state index in [9.17, 15) is 13.2 Å². The van der Waals surface area contributed by atoms with Gasteiger partial charge in [0, 0.05) is 18.0 Å². The summed E-state index contributed by atoms with van der Waals surface area (Å²) in [5, 5.41) is 0. The number of H-pyrrole nitrogens is 1. The third-order valence-electron chi connectivity index (χ3n) is 2.64. The molecule has 0 amide bonds. The van der Waals surface area contributed by atoms with Gasteiger partial charge in [0.1, 0.15) is 0 Å². The average molecular weight is 263 g/mol. The quantitative estimate of drug-likeness (QED) is 0.897. The molecule has 2 aromatic rings. The highest BCUT2D eigenvalue weighted by Crippen LogP contribution is 2.18. The zero-order valence-corrected chi connectivity index (χ0v) is 10.9. The molecule has 1 N–H and O–H groups in total. The summed E-state index contributed by atoms with van der Waals surface area (Å²) in [7, 11) is -3.21. The third-order valence-corrected chi connectivity index (χ3v) is 3.77. The number of aryl methyl sites for hydroxylation is 1. The molecular weight excluding hydrogens is 250 g/mol. The largest absolute Gasteiger partial charge is 0.328 e. The van der Waals surface area contributed by atoms with Crippen LogP contribution in [0.5, 0.6) is 0 Å². The van der Waals surface area contributed by atoms with E-state index >= 15 is 0 Å². The smallest absolute Gasteiger partial charge is 0.255 e. The fraction of sp³-hybridized carbons (Fsp3) is 0.154. The first kappa shape index (κ1) is 12.6. The number of pyridine rings is 1. The van der Waals surface area contributed by atoms with Crippen molar-refractivity contribution in [2.24, 2.45) is 0 Å². The van der Waals surface area contributed by atoms with Crippen LogP contribution in [0.1, 0.15) is 5.56 Å². The van der Waals surface area contributed by atoms with Crippen LogP contribution in [0.15, 0.2) is 46.2 Å². The summed E-state index contributed by atoms with van der Waals surface area (Å²) in [6.45, 7) is 1.88. The van der Waals surface area contributed by atoms with Crippen molar-refractivity contribution in [1.29, 1.82) is 0 Å². The van der Waals surface area contributed by atoms with E-state index in [1.807, 2.05) is 6.92 Å². The van der Waals surface area contributed by atoms with E-state index < -0.39 is 9.84 Å². The van der Waals surface area contributed by atoms with Crippen molar-refractivity contribution >= 4 is 9.84 Å². The lowest BCUT2D eigenvalue weighted by molar-refractivity contribution is 0.602. The molecule has 0 saturated carbocycles. The SMILES string of the molecule is Cc1c[nH]c(=O)c(-c2ccc(S(C)(=O)=O)cc2)c1. The van der Waals surface area contributed by atoms with Gasteiger partial charge in [-0.2, -0.15) is 0 Å². The zero-order valence-electron chi connectivity index (χ0n) is 10.1. The number of rotatable bonds is 2. The molecule has 1 aromatic heterocycles. The van der Waals surface area contributed by atoms with E-state index in [2.05, 4.69) is 4.98 Å². The molecule has 0 aliphatic rings. The number of nitrogens with one attached hydrogen (secondary N) is 1. The second-order valence-electron chi connectivity index (χ2n) is 4.22. The predicted molar refractivity (Wildman–Crippen MR) is 70.3 cm³/mol. The lowest BCUT2D eigenvalue weighted by Gasteiger charge is -2.03. The van der Waals surface area contributed by atoms with Gasteiger partial charge in [0.25, 0.3) is 5.56 Å². The predicted octanol–water partition coefficient (Wildman–Crippen LogP) is 1.75. The van der Waals surface area contributed by atoms with Crippen molar-refractivity contribution in [3.8, 4) is 11.1 Å². The molecule has 0 radical (unpaired) electrons. The summed E-state index contributed by atoms with van der Waals surface area (Å²) in [5.74, 6) is 0. The number of benzene rings is 1. The van der Waals surface area contributed by atoms with Gasteiger partial charge in [-0.15, -0.1) is 0 Å². The summed E-state index contributed by atoms with van der Waals surface area (Å²) in [5.41, 5.74) is 1.99. The molecule has 0 fully saturated rings. The van der Waals surface area contributed by atoms with Gasteiger partial charge in [-0.05, 0) is 36.2 Å². The van der Waals surface area contributed by atoms with E-state index in [1.165, 1.54) is 12.1 Å². The maximum atomic E-state index is 11.7. The second kappa shape index (κ2) is 4.42. The standard InChI is InChI=1S/C13H13NO3S/c1-9-7-12(13(15)14-8-9)10-3-5-11(6-4-10)18(2,16)17/h3-8H,1-2H3,(H,14,15). The fourth-order valence-electron chi connectivity index (χ4n) is 1.69. The summed E-state index contributed by atoms with van der Waals surface area (Å²) >= 11 is 0. The first-order valence-electron chi connectivity index (χ1n) is 5.38. The van der Waals surface area contributed by atoms with Crippen LogP contribution >= 0.6 is 0 Å². The van der Waals surface area contributed by atoms with Gasteiger partial charge in [-0.25, -0.2) is 8.42 Å². The van der Waals surface area contributed by atoms with Gasteiger partial charge >= 0.3 is 0 Å². The Balaban J connectivity index is 2.53. The van der Waals surface area contributed by atoms with Crippen LogP contribution in [-0.4, -0.2) is 19.7 Å². The molecule has 4 nitrogen and oxygen atoms in total. The highest BCUT2D eigenvalue weighted by atomic mass is 32.2. The molecule has 1 heterocycles. The Bertz CT molecular complexity index is 728. The Labute approximate surface area is 105 Å². The molecule has 0 aliphatic carbocycles. The minimum absolute atomic E-state index is 0.187. The van der Waals surface area contributed by atoms with Gasteiger partial charge in [0.2, 0.25) is 0 Å². The van der Waals surface area contributed by atoms with Crippen LogP contribution in [0.4, 0.5) is 0 Å². The minimum Gasteiger partial charge on any atom is -0.328 e. The van der Waals surface area contributed by atoms with Crippen molar-refractivity contribution in [2.45, 2.75) is 11.8 Å². The monoisotopic (exact) mass is 263 g/mol. The van der Waals surface area contributed by atoms with Crippen molar-refractivity contribution < 1.29 is 8.42 Å². The van der Waals surface area contributed by atoms with Crippen molar-refractivity contribution in [3.63, 3.8) is 0 Å². The minimum atomic E-state index is -3.21. The van der Waals surface area contributed by atoms with Gasteiger partial charge in [-0.3, -0.25) is 4.79 Å². The van der Waals surface area contributed by atoms with Gasteiger partial charge in [-0.1, -0.05) is 12.1 Å². The lowest BCUT2D eigenvalue weighted by Crippen LogP contribution is -2.08. The number of sulfone groups is 1. The number of aromatic amines is 1. The van der Waals surface area contributed by atoms with Gasteiger partial charge in [0.05, 0.1) is 4.90 Å². The average Bonchev–Trinajstić information content (AvgIpc) is 2.31. The summed E-state index contributed by atoms with van der Waals surface area (Å²) in [4.78, 5) is 14.6. The third kappa shape index (κ3) is 2.51. The molecule has 1 aromatic carbocycles. The van der Waals surface area contributed by atoms with Crippen LogP contribution < -0.4 is 5.56 Å². The highest BCUT2D eigenvalue weighted by molar-refractivity contribution is 7.90. The molecule has 0 bridgehead atoms. The van der Waals surface area contributed by atoms with E-state index in [4.69, 9.17) is 0 Å². The van der Waals surface area contributed by atoms with Crippen LogP contribution in [0.2, 0.25) is 0 Å². The molecule has 94 valence electrons. The Kier molecular flexibility index (Phi) is 3.09. The first-order valence-corrected chi connectivity index (χ1v) is 7.27. The molecule has 2 rings (SSSR count). The second-order valence-corrected chi connectivity index (χ2v) is 6.23. The summed E-state index contributed by atoms with van der Waals surface area (Å²) in [6, 6.07) is 8.06. The van der Waals surface area contributed by atoms with Crippen LogP contribution in [0.3, 0.4) is 0 Å². The highest BCUT2D eigenvalue weighted by Gasteiger charge is 2.08. The fourth-order valence-corrected chi connectivity index (χ4v) is 2.32. The summed E-state index contributed by atoms with van der Waals surface area (Å²) < 4.78 is 22.7. The molecule has 0 aliphatic heterocycles. The van der Waals surface area contributed by atoms with Crippen LogP contribution in [0, 0.1) is 6.92 Å². The van der Waals surface area contributed by atoms with Crippen molar-refractivity contribution in [2.75, 3.05) is 6.26 Å². The molecule has 0 spiro atoms. The summed E-state index contributed by atoms with van der Waals surface area (Å²) in [6.07, 6.45) is 2.79. The molecule has 5 heteroatoms. The maximum absolute atomic E-state index is 11.7. The zero-order chi connectivity index (χ0) is 13.3. The van der Waals surface area contributed by atoms with E-state index in [0.717, 1.165) is 11.8 Å². The lowest BCUT2D eigenvalue weighted by atomic mass is 10.1. The first-order chi connectivity index (χ1) is 8.38. The molecule has 18 heavy (non-hydrogen) atoms. The molecule has 0 saturated heterocycles. The van der Waals surface area contributed by atoms with Crippen LogP contribution in [-0.2, 0) is 9.84 Å². The Morgan fingerprint density at radius 2 is 1.72 bits per heavy atom. The van der Waals surface area contributed by atoms with Crippen molar-refractivity contribution in [1.82, 2.24) is 4.98 Å².